The highest BCUT2D eigenvalue weighted by molar-refractivity contribution is 9.10. The van der Waals surface area contributed by atoms with Gasteiger partial charge in [-0.1, -0.05) is 28.1 Å². The molecule has 2 aromatic rings. The molecule has 0 aliphatic carbocycles. The topological polar surface area (TPSA) is 51.8 Å². The van der Waals surface area contributed by atoms with Crippen LogP contribution in [0.2, 0.25) is 0 Å². The lowest BCUT2D eigenvalue weighted by atomic mass is 10.1. The van der Waals surface area contributed by atoms with Crippen LogP contribution in [0.25, 0.3) is 11.3 Å². The molecule has 0 amide bonds. The molecule has 0 unspecified atom stereocenters. The molecule has 82 valence electrons. The van der Waals surface area contributed by atoms with E-state index < -0.39 is 0 Å². The smallest absolute Gasteiger partial charge is 0.0885 e. The second-order valence-corrected chi connectivity index (χ2v) is 4.36. The van der Waals surface area contributed by atoms with Gasteiger partial charge in [0.15, 0.2) is 0 Å². The lowest BCUT2D eigenvalue weighted by Crippen LogP contribution is -2.04. The normalized spacial score (nSPS) is 10.4. The van der Waals surface area contributed by atoms with Gasteiger partial charge in [-0.2, -0.15) is 0 Å². The quantitative estimate of drug-likeness (QED) is 0.938. The van der Waals surface area contributed by atoms with E-state index in [0.29, 0.717) is 6.54 Å². The molecule has 0 atom stereocenters. The monoisotopic (exact) mass is 277 g/mol. The van der Waals surface area contributed by atoms with Gasteiger partial charge < -0.3 is 5.73 Å². The van der Waals surface area contributed by atoms with Gasteiger partial charge in [0.1, 0.15) is 0 Å². The van der Waals surface area contributed by atoms with E-state index >= 15 is 0 Å². The van der Waals surface area contributed by atoms with E-state index in [0.717, 1.165) is 27.8 Å². The highest BCUT2D eigenvalue weighted by atomic mass is 79.9. The van der Waals surface area contributed by atoms with Crippen molar-refractivity contribution in [2.45, 2.75) is 6.42 Å². The van der Waals surface area contributed by atoms with Gasteiger partial charge in [0.05, 0.1) is 17.6 Å². The van der Waals surface area contributed by atoms with Crippen LogP contribution >= 0.6 is 15.9 Å². The standard InChI is InChI=1S/C12H12BrN3/c13-10-3-1-2-9(6-10)12-8-15-11(4-5-14)7-16-12/h1-3,6-8H,4-5,14H2. The molecule has 0 bridgehead atoms. The van der Waals surface area contributed by atoms with E-state index in [2.05, 4.69) is 25.9 Å². The van der Waals surface area contributed by atoms with Gasteiger partial charge in [0.25, 0.3) is 0 Å². The summed E-state index contributed by atoms with van der Waals surface area (Å²) >= 11 is 3.43. The summed E-state index contributed by atoms with van der Waals surface area (Å²) in [4.78, 5) is 8.69. The van der Waals surface area contributed by atoms with Gasteiger partial charge in [-0.05, 0) is 18.7 Å². The summed E-state index contributed by atoms with van der Waals surface area (Å²) in [5.74, 6) is 0. The summed E-state index contributed by atoms with van der Waals surface area (Å²) in [6, 6.07) is 8.00. The molecule has 1 aromatic carbocycles. The van der Waals surface area contributed by atoms with Crippen LogP contribution < -0.4 is 5.73 Å². The third-order valence-electron chi connectivity index (χ3n) is 2.23. The van der Waals surface area contributed by atoms with Crippen molar-refractivity contribution in [1.29, 1.82) is 0 Å². The lowest BCUT2D eigenvalue weighted by molar-refractivity contribution is 0.909. The SMILES string of the molecule is NCCc1cnc(-c2cccc(Br)c2)cn1. The second-order valence-electron chi connectivity index (χ2n) is 3.44. The van der Waals surface area contributed by atoms with E-state index in [4.69, 9.17) is 5.73 Å². The Morgan fingerprint density at radius 1 is 1.19 bits per heavy atom. The molecule has 0 aliphatic heterocycles. The maximum atomic E-state index is 5.46. The zero-order valence-electron chi connectivity index (χ0n) is 8.73. The fourth-order valence-electron chi connectivity index (χ4n) is 1.43. The Bertz CT molecular complexity index is 468. The number of hydrogen-bond acceptors (Lipinski definition) is 3. The zero-order valence-corrected chi connectivity index (χ0v) is 10.3. The predicted octanol–water partition coefficient (Wildman–Crippen LogP) is 2.41. The second kappa shape index (κ2) is 5.18. The highest BCUT2D eigenvalue weighted by Gasteiger charge is 2.00. The van der Waals surface area contributed by atoms with Crippen LogP contribution in [0.5, 0.6) is 0 Å². The van der Waals surface area contributed by atoms with E-state index in [-0.39, 0.29) is 0 Å². The van der Waals surface area contributed by atoms with Crippen LogP contribution in [-0.2, 0) is 6.42 Å². The molecule has 1 heterocycles. The van der Waals surface area contributed by atoms with Gasteiger partial charge in [0.2, 0.25) is 0 Å². The van der Waals surface area contributed by atoms with Gasteiger partial charge in [-0.15, -0.1) is 0 Å². The number of rotatable bonds is 3. The summed E-state index contributed by atoms with van der Waals surface area (Å²) in [6.45, 7) is 0.602. The number of nitrogens with zero attached hydrogens (tertiary/aromatic N) is 2. The van der Waals surface area contributed by atoms with Crippen molar-refractivity contribution in [3.8, 4) is 11.3 Å². The molecule has 3 nitrogen and oxygen atoms in total. The first kappa shape index (κ1) is 11.2. The van der Waals surface area contributed by atoms with Crippen molar-refractivity contribution in [2.75, 3.05) is 6.54 Å². The number of benzene rings is 1. The van der Waals surface area contributed by atoms with Gasteiger partial charge in [-0.25, -0.2) is 0 Å². The minimum Gasteiger partial charge on any atom is -0.330 e. The zero-order chi connectivity index (χ0) is 11.4. The summed E-state index contributed by atoms with van der Waals surface area (Å²) in [5.41, 5.74) is 8.32. The van der Waals surface area contributed by atoms with Crippen LogP contribution in [0.1, 0.15) is 5.69 Å². The molecule has 1 aromatic heterocycles. The van der Waals surface area contributed by atoms with Crippen LogP contribution in [0.15, 0.2) is 41.1 Å². The molecule has 0 spiro atoms. The van der Waals surface area contributed by atoms with E-state index in [1.807, 2.05) is 24.3 Å². The Hall–Kier alpha value is -1.26. The fraction of sp³-hybridized carbons (Fsp3) is 0.167. The first-order valence-electron chi connectivity index (χ1n) is 5.06. The maximum absolute atomic E-state index is 5.46. The van der Waals surface area contributed by atoms with Crippen molar-refractivity contribution in [2.24, 2.45) is 5.73 Å². The Labute approximate surface area is 103 Å². The Balaban J connectivity index is 2.27. The van der Waals surface area contributed by atoms with Gasteiger partial charge in [-0.3, -0.25) is 9.97 Å². The average molecular weight is 278 g/mol. The minimum absolute atomic E-state index is 0.602. The molecule has 0 aliphatic rings. The fourth-order valence-corrected chi connectivity index (χ4v) is 1.83. The van der Waals surface area contributed by atoms with Crippen LogP contribution in [0, 0.1) is 0 Å². The Morgan fingerprint density at radius 2 is 2.06 bits per heavy atom. The summed E-state index contributed by atoms with van der Waals surface area (Å²) in [5, 5.41) is 0. The average Bonchev–Trinajstić information content (AvgIpc) is 2.30. The Kier molecular flexibility index (Phi) is 3.64. The molecule has 0 radical (unpaired) electrons. The molecule has 4 heteroatoms. The van der Waals surface area contributed by atoms with Gasteiger partial charge >= 0.3 is 0 Å². The molecule has 16 heavy (non-hydrogen) atoms. The van der Waals surface area contributed by atoms with Crippen molar-refractivity contribution >= 4 is 15.9 Å². The highest BCUT2D eigenvalue weighted by Crippen LogP contribution is 2.20. The largest absolute Gasteiger partial charge is 0.330 e. The molecular formula is C12H12BrN3. The molecule has 0 saturated heterocycles. The predicted molar refractivity (Wildman–Crippen MR) is 67.9 cm³/mol. The van der Waals surface area contributed by atoms with Crippen molar-refractivity contribution in [3.63, 3.8) is 0 Å². The van der Waals surface area contributed by atoms with Crippen molar-refractivity contribution < 1.29 is 0 Å². The third kappa shape index (κ3) is 2.65. The first-order chi connectivity index (χ1) is 7.79. The van der Waals surface area contributed by atoms with Crippen LogP contribution in [-0.4, -0.2) is 16.5 Å². The number of aromatic nitrogens is 2. The maximum Gasteiger partial charge on any atom is 0.0885 e. The number of nitrogens with two attached hydrogens (primary N) is 1. The third-order valence-corrected chi connectivity index (χ3v) is 2.72. The minimum atomic E-state index is 0.602. The van der Waals surface area contributed by atoms with Gasteiger partial charge in [0, 0.05) is 22.7 Å². The number of halogens is 1. The van der Waals surface area contributed by atoms with Crippen molar-refractivity contribution in [1.82, 2.24) is 9.97 Å². The molecule has 2 rings (SSSR count). The molecule has 0 saturated carbocycles. The lowest BCUT2D eigenvalue weighted by Gasteiger charge is -2.02. The van der Waals surface area contributed by atoms with E-state index in [1.165, 1.54) is 0 Å². The summed E-state index contributed by atoms with van der Waals surface area (Å²) < 4.78 is 1.04. The first-order valence-corrected chi connectivity index (χ1v) is 5.86. The number of hydrogen-bond donors (Lipinski definition) is 1. The summed E-state index contributed by atoms with van der Waals surface area (Å²) in [7, 11) is 0. The summed E-state index contributed by atoms with van der Waals surface area (Å²) in [6.07, 6.45) is 4.33. The van der Waals surface area contributed by atoms with Crippen molar-refractivity contribution in [3.05, 3.63) is 46.8 Å². The molecule has 2 N–H and O–H groups in total. The van der Waals surface area contributed by atoms with Crippen LogP contribution in [0.4, 0.5) is 0 Å². The van der Waals surface area contributed by atoms with E-state index in [1.54, 1.807) is 12.4 Å². The van der Waals surface area contributed by atoms with E-state index in [9.17, 15) is 0 Å². The van der Waals surface area contributed by atoms with Crippen LogP contribution in [0.3, 0.4) is 0 Å². The molecule has 0 fully saturated rings. The Morgan fingerprint density at radius 3 is 2.69 bits per heavy atom. The molecular weight excluding hydrogens is 266 g/mol.